The molecule has 1 N–H and O–H groups in total. The third kappa shape index (κ3) is 6.75. The van der Waals surface area contributed by atoms with Gasteiger partial charge >= 0.3 is 0 Å². The molecule has 2 nitrogen and oxygen atoms in total. The summed E-state index contributed by atoms with van der Waals surface area (Å²) in [5.41, 5.74) is 0.274. The normalized spacial score (nSPS) is 22.3. The SMILES string of the molecule is CCCC1CCCCN1CCCCNC(C)(C)C. The van der Waals surface area contributed by atoms with Crippen molar-refractivity contribution in [2.24, 2.45) is 0 Å². The van der Waals surface area contributed by atoms with Crippen LogP contribution in [-0.4, -0.2) is 36.1 Å². The van der Waals surface area contributed by atoms with Crippen molar-refractivity contribution in [2.45, 2.75) is 84.2 Å². The van der Waals surface area contributed by atoms with Crippen LogP contribution in [0, 0.1) is 0 Å². The Morgan fingerprint density at radius 3 is 2.61 bits per heavy atom. The summed E-state index contributed by atoms with van der Waals surface area (Å²) in [5.74, 6) is 0. The molecule has 1 heterocycles. The molecule has 0 amide bonds. The maximum Gasteiger partial charge on any atom is 0.00965 e. The second kappa shape index (κ2) is 8.16. The lowest BCUT2D eigenvalue weighted by Crippen LogP contribution is -2.40. The molecule has 1 saturated heterocycles. The molecule has 1 aliphatic rings. The molecule has 108 valence electrons. The van der Waals surface area contributed by atoms with Crippen molar-refractivity contribution in [1.29, 1.82) is 0 Å². The zero-order valence-corrected chi connectivity index (χ0v) is 13.1. The van der Waals surface area contributed by atoms with Gasteiger partial charge in [0.05, 0.1) is 0 Å². The van der Waals surface area contributed by atoms with Gasteiger partial charge in [0.1, 0.15) is 0 Å². The van der Waals surface area contributed by atoms with E-state index in [1.165, 1.54) is 58.0 Å². The number of piperidine rings is 1. The Labute approximate surface area is 115 Å². The summed E-state index contributed by atoms with van der Waals surface area (Å²) in [4.78, 5) is 2.75. The van der Waals surface area contributed by atoms with E-state index in [1.54, 1.807) is 0 Å². The van der Waals surface area contributed by atoms with Gasteiger partial charge in [0.2, 0.25) is 0 Å². The molecular weight excluding hydrogens is 220 g/mol. The van der Waals surface area contributed by atoms with Gasteiger partial charge in [-0.15, -0.1) is 0 Å². The summed E-state index contributed by atoms with van der Waals surface area (Å²) in [6.45, 7) is 12.9. The van der Waals surface area contributed by atoms with Crippen molar-refractivity contribution >= 4 is 0 Å². The molecule has 1 unspecified atom stereocenters. The predicted octanol–water partition coefficient (Wildman–Crippen LogP) is 3.81. The van der Waals surface area contributed by atoms with Crippen LogP contribution in [0.5, 0.6) is 0 Å². The first-order valence-corrected chi connectivity index (χ1v) is 8.02. The molecule has 0 radical (unpaired) electrons. The van der Waals surface area contributed by atoms with Gasteiger partial charge in [0.15, 0.2) is 0 Å². The highest BCUT2D eigenvalue weighted by Crippen LogP contribution is 2.21. The van der Waals surface area contributed by atoms with Crippen LogP contribution < -0.4 is 5.32 Å². The first kappa shape index (κ1) is 16.0. The molecule has 1 rings (SSSR count). The molecule has 1 aliphatic heterocycles. The average molecular weight is 254 g/mol. The number of hydrogen-bond donors (Lipinski definition) is 1. The van der Waals surface area contributed by atoms with Crippen molar-refractivity contribution in [3.63, 3.8) is 0 Å². The maximum atomic E-state index is 3.58. The highest BCUT2D eigenvalue weighted by molar-refractivity contribution is 4.77. The minimum atomic E-state index is 0.274. The Balaban J connectivity index is 2.12. The molecule has 0 saturated carbocycles. The Morgan fingerprint density at radius 2 is 1.94 bits per heavy atom. The van der Waals surface area contributed by atoms with Gasteiger partial charge in [0, 0.05) is 11.6 Å². The van der Waals surface area contributed by atoms with E-state index in [-0.39, 0.29) is 5.54 Å². The number of nitrogens with zero attached hydrogens (tertiary/aromatic N) is 1. The monoisotopic (exact) mass is 254 g/mol. The smallest absolute Gasteiger partial charge is 0.00965 e. The van der Waals surface area contributed by atoms with E-state index in [9.17, 15) is 0 Å². The van der Waals surface area contributed by atoms with E-state index in [0.29, 0.717) is 0 Å². The number of likely N-dealkylation sites (tertiary alicyclic amines) is 1. The van der Waals surface area contributed by atoms with Crippen molar-refractivity contribution in [2.75, 3.05) is 19.6 Å². The van der Waals surface area contributed by atoms with Crippen molar-refractivity contribution in [3.8, 4) is 0 Å². The summed E-state index contributed by atoms with van der Waals surface area (Å²) < 4.78 is 0. The molecule has 0 spiro atoms. The number of nitrogens with one attached hydrogen (secondary N) is 1. The van der Waals surface area contributed by atoms with Crippen LogP contribution in [0.15, 0.2) is 0 Å². The summed E-state index contributed by atoms with van der Waals surface area (Å²) in [6, 6.07) is 0.888. The number of unbranched alkanes of at least 4 members (excludes halogenated alkanes) is 1. The zero-order valence-electron chi connectivity index (χ0n) is 13.1. The Kier molecular flexibility index (Phi) is 7.25. The van der Waals surface area contributed by atoms with E-state index in [1.807, 2.05) is 0 Å². The van der Waals surface area contributed by atoms with Gasteiger partial charge in [-0.3, -0.25) is 0 Å². The fraction of sp³-hybridized carbons (Fsp3) is 1.00. The second-order valence-electron chi connectivity index (χ2n) is 6.86. The maximum absolute atomic E-state index is 3.58. The summed E-state index contributed by atoms with van der Waals surface area (Å²) >= 11 is 0. The largest absolute Gasteiger partial charge is 0.312 e. The molecule has 0 aromatic rings. The summed E-state index contributed by atoms with van der Waals surface area (Å²) in [6.07, 6.45) is 9.71. The van der Waals surface area contributed by atoms with E-state index in [4.69, 9.17) is 0 Å². The average Bonchev–Trinajstić information content (AvgIpc) is 2.29. The lowest BCUT2D eigenvalue weighted by molar-refractivity contribution is 0.137. The van der Waals surface area contributed by atoms with E-state index >= 15 is 0 Å². The van der Waals surface area contributed by atoms with E-state index in [2.05, 4.69) is 37.9 Å². The molecule has 1 fully saturated rings. The van der Waals surface area contributed by atoms with Gasteiger partial charge in [-0.25, -0.2) is 0 Å². The molecule has 0 bridgehead atoms. The summed E-state index contributed by atoms with van der Waals surface area (Å²) in [5, 5.41) is 3.58. The zero-order chi connectivity index (χ0) is 13.4. The van der Waals surface area contributed by atoms with Crippen LogP contribution in [0.4, 0.5) is 0 Å². The van der Waals surface area contributed by atoms with Gasteiger partial charge in [-0.2, -0.15) is 0 Å². The van der Waals surface area contributed by atoms with Crippen LogP contribution in [-0.2, 0) is 0 Å². The molecule has 0 aromatic heterocycles. The molecule has 0 aliphatic carbocycles. The predicted molar refractivity (Wildman–Crippen MR) is 81.1 cm³/mol. The van der Waals surface area contributed by atoms with Gasteiger partial charge in [-0.05, 0) is 72.5 Å². The van der Waals surface area contributed by atoms with Gasteiger partial charge in [0.25, 0.3) is 0 Å². The lowest BCUT2D eigenvalue weighted by Gasteiger charge is -2.35. The van der Waals surface area contributed by atoms with Crippen LogP contribution in [0.3, 0.4) is 0 Å². The lowest BCUT2D eigenvalue weighted by atomic mass is 9.98. The highest BCUT2D eigenvalue weighted by Gasteiger charge is 2.20. The third-order valence-corrected chi connectivity index (χ3v) is 3.90. The Morgan fingerprint density at radius 1 is 1.17 bits per heavy atom. The molecule has 1 atom stereocenters. The standard InChI is InChI=1S/C16H34N2/c1-5-10-15-11-6-8-13-18(15)14-9-7-12-17-16(2,3)4/h15,17H,5-14H2,1-4H3. The van der Waals surface area contributed by atoms with Gasteiger partial charge in [-0.1, -0.05) is 19.8 Å². The Bertz CT molecular complexity index is 206. The minimum Gasteiger partial charge on any atom is -0.312 e. The molecule has 2 heteroatoms. The van der Waals surface area contributed by atoms with Crippen LogP contribution in [0.25, 0.3) is 0 Å². The topological polar surface area (TPSA) is 15.3 Å². The van der Waals surface area contributed by atoms with Crippen molar-refractivity contribution < 1.29 is 0 Å². The van der Waals surface area contributed by atoms with E-state index in [0.717, 1.165) is 12.6 Å². The van der Waals surface area contributed by atoms with Crippen molar-refractivity contribution in [1.82, 2.24) is 10.2 Å². The fourth-order valence-corrected chi connectivity index (χ4v) is 2.92. The number of hydrogen-bond acceptors (Lipinski definition) is 2. The van der Waals surface area contributed by atoms with E-state index < -0.39 is 0 Å². The first-order valence-electron chi connectivity index (χ1n) is 8.02. The Hall–Kier alpha value is -0.0800. The van der Waals surface area contributed by atoms with Crippen LogP contribution in [0.2, 0.25) is 0 Å². The number of rotatable bonds is 7. The van der Waals surface area contributed by atoms with Crippen molar-refractivity contribution in [3.05, 3.63) is 0 Å². The van der Waals surface area contributed by atoms with Crippen LogP contribution in [0.1, 0.15) is 72.6 Å². The minimum absolute atomic E-state index is 0.274. The summed E-state index contributed by atoms with van der Waals surface area (Å²) in [7, 11) is 0. The highest BCUT2D eigenvalue weighted by atomic mass is 15.2. The third-order valence-electron chi connectivity index (χ3n) is 3.90. The fourth-order valence-electron chi connectivity index (χ4n) is 2.92. The molecular formula is C16H34N2. The first-order chi connectivity index (χ1) is 8.53. The quantitative estimate of drug-likeness (QED) is 0.695. The molecule has 0 aromatic carbocycles. The second-order valence-corrected chi connectivity index (χ2v) is 6.86. The van der Waals surface area contributed by atoms with Gasteiger partial charge < -0.3 is 10.2 Å². The van der Waals surface area contributed by atoms with Crippen LogP contribution >= 0.6 is 0 Å². The molecule has 18 heavy (non-hydrogen) atoms.